The van der Waals surface area contributed by atoms with Gasteiger partial charge in [-0.05, 0) is 44.4 Å². The maximum atomic E-state index is 12.9. The van der Waals surface area contributed by atoms with Crippen LogP contribution in [0.5, 0.6) is 5.75 Å². The monoisotopic (exact) mass is 382 g/mol. The lowest BCUT2D eigenvalue weighted by molar-refractivity contribution is -0.141. The molecule has 0 heterocycles. The minimum absolute atomic E-state index is 0.0709. The molecule has 1 N–H and O–H groups in total. The van der Waals surface area contributed by atoms with Gasteiger partial charge in [0.2, 0.25) is 5.91 Å². The summed E-state index contributed by atoms with van der Waals surface area (Å²) < 4.78 is 5.61. The summed E-state index contributed by atoms with van der Waals surface area (Å²) in [5.74, 6) is 0.289. The summed E-state index contributed by atoms with van der Waals surface area (Å²) in [5.41, 5.74) is 1.12. The zero-order valence-electron chi connectivity index (χ0n) is 16.9. The smallest absolute Gasteiger partial charge is 0.261 e. The van der Waals surface area contributed by atoms with Crippen molar-refractivity contribution in [2.24, 2.45) is 0 Å². The number of benzene rings is 2. The SMILES string of the molecule is CC[C@H](C)NC(=O)[C@H](C)N(CCc1ccccc1)C(=O)COc1ccccc1. The molecule has 0 bridgehead atoms. The van der Waals surface area contributed by atoms with Crippen LogP contribution in [0.1, 0.15) is 32.8 Å². The molecule has 0 unspecified atom stereocenters. The van der Waals surface area contributed by atoms with E-state index in [-0.39, 0.29) is 24.5 Å². The molecule has 2 amide bonds. The summed E-state index contributed by atoms with van der Waals surface area (Å²) in [7, 11) is 0. The van der Waals surface area contributed by atoms with Gasteiger partial charge in [0, 0.05) is 12.6 Å². The standard InChI is InChI=1S/C23H30N2O3/c1-4-18(2)24-23(27)19(3)25(16-15-20-11-7-5-8-12-20)22(26)17-28-21-13-9-6-10-14-21/h5-14,18-19H,4,15-17H2,1-3H3,(H,24,27)/t18-,19-/m0/s1. The number of nitrogens with one attached hydrogen (secondary N) is 1. The van der Waals surface area contributed by atoms with Crippen LogP contribution in [-0.2, 0) is 16.0 Å². The highest BCUT2D eigenvalue weighted by Crippen LogP contribution is 2.11. The Morgan fingerprint density at radius 2 is 1.61 bits per heavy atom. The zero-order chi connectivity index (χ0) is 20.4. The fourth-order valence-electron chi connectivity index (χ4n) is 2.78. The van der Waals surface area contributed by atoms with Crippen LogP contribution in [0, 0.1) is 0 Å². The van der Waals surface area contributed by atoms with Gasteiger partial charge in [0.15, 0.2) is 6.61 Å². The third-order valence-electron chi connectivity index (χ3n) is 4.76. The molecule has 0 aliphatic rings. The number of hydrogen-bond acceptors (Lipinski definition) is 3. The van der Waals surface area contributed by atoms with Crippen molar-refractivity contribution in [1.29, 1.82) is 0 Å². The summed E-state index contributed by atoms with van der Waals surface area (Å²) in [6, 6.07) is 18.7. The molecule has 2 atom stereocenters. The molecule has 0 radical (unpaired) electrons. The molecule has 0 fully saturated rings. The lowest BCUT2D eigenvalue weighted by Crippen LogP contribution is -2.51. The van der Waals surface area contributed by atoms with Gasteiger partial charge in [-0.1, -0.05) is 55.5 Å². The lowest BCUT2D eigenvalue weighted by Gasteiger charge is -2.29. The molecular weight excluding hydrogens is 352 g/mol. The second-order valence-electron chi connectivity index (χ2n) is 6.92. The largest absolute Gasteiger partial charge is 0.484 e. The highest BCUT2D eigenvalue weighted by Gasteiger charge is 2.26. The van der Waals surface area contributed by atoms with Gasteiger partial charge < -0.3 is 15.0 Å². The average molecular weight is 383 g/mol. The van der Waals surface area contributed by atoms with E-state index in [0.29, 0.717) is 18.7 Å². The van der Waals surface area contributed by atoms with E-state index >= 15 is 0 Å². The molecule has 2 rings (SSSR count). The number of amides is 2. The first-order valence-corrected chi connectivity index (χ1v) is 9.82. The summed E-state index contributed by atoms with van der Waals surface area (Å²) in [6.45, 7) is 6.10. The van der Waals surface area contributed by atoms with E-state index in [1.165, 1.54) is 0 Å². The van der Waals surface area contributed by atoms with E-state index in [1.54, 1.807) is 24.0 Å². The third-order valence-corrected chi connectivity index (χ3v) is 4.76. The van der Waals surface area contributed by atoms with Crippen LogP contribution < -0.4 is 10.1 Å². The number of carbonyl (C=O) groups excluding carboxylic acids is 2. The van der Waals surface area contributed by atoms with Gasteiger partial charge in [0.1, 0.15) is 11.8 Å². The number of rotatable bonds is 10. The van der Waals surface area contributed by atoms with Crippen molar-refractivity contribution in [2.75, 3.05) is 13.2 Å². The molecule has 2 aromatic rings. The molecule has 0 aliphatic heterocycles. The van der Waals surface area contributed by atoms with E-state index in [4.69, 9.17) is 4.74 Å². The Bertz CT molecular complexity index is 734. The van der Waals surface area contributed by atoms with Crippen LogP contribution in [0.25, 0.3) is 0 Å². The molecule has 0 aliphatic carbocycles. The van der Waals surface area contributed by atoms with Gasteiger partial charge in [0.05, 0.1) is 0 Å². The van der Waals surface area contributed by atoms with Gasteiger partial charge >= 0.3 is 0 Å². The van der Waals surface area contributed by atoms with Crippen LogP contribution in [0.2, 0.25) is 0 Å². The fraction of sp³-hybridized carbons (Fsp3) is 0.391. The summed E-state index contributed by atoms with van der Waals surface area (Å²) in [4.78, 5) is 27.1. The first-order chi connectivity index (χ1) is 13.5. The molecule has 28 heavy (non-hydrogen) atoms. The quantitative estimate of drug-likeness (QED) is 0.685. The van der Waals surface area contributed by atoms with Crippen LogP contribution in [0.3, 0.4) is 0 Å². The second-order valence-corrected chi connectivity index (χ2v) is 6.92. The van der Waals surface area contributed by atoms with Crippen molar-refractivity contribution in [1.82, 2.24) is 10.2 Å². The Balaban J connectivity index is 2.05. The van der Waals surface area contributed by atoms with Crippen molar-refractivity contribution < 1.29 is 14.3 Å². The normalized spacial score (nSPS) is 12.7. The van der Waals surface area contributed by atoms with Crippen molar-refractivity contribution in [3.8, 4) is 5.75 Å². The molecule has 0 saturated carbocycles. The third kappa shape index (κ3) is 6.72. The van der Waals surface area contributed by atoms with E-state index in [9.17, 15) is 9.59 Å². The molecule has 5 heteroatoms. The van der Waals surface area contributed by atoms with Crippen molar-refractivity contribution in [3.05, 3.63) is 66.2 Å². The Morgan fingerprint density at radius 3 is 2.21 bits per heavy atom. The molecule has 0 saturated heterocycles. The lowest BCUT2D eigenvalue weighted by atomic mass is 10.1. The number of nitrogens with zero attached hydrogens (tertiary/aromatic N) is 1. The number of carbonyl (C=O) groups is 2. The topological polar surface area (TPSA) is 58.6 Å². The number of para-hydroxylation sites is 1. The van der Waals surface area contributed by atoms with Gasteiger partial charge in [0.25, 0.3) is 5.91 Å². The van der Waals surface area contributed by atoms with Gasteiger partial charge in [-0.15, -0.1) is 0 Å². The molecule has 0 spiro atoms. The van der Waals surface area contributed by atoms with Crippen LogP contribution in [0.15, 0.2) is 60.7 Å². The van der Waals surface area contributed by atoms with Crippen molar-refractivity contribution in [3.63, 3.8) is 0 Å². The maximum Gasteiger partial charge on any atom is 0.261 e. The first kappa shape index (κ1) is 21.5. The fourth-order valence-corrected chi connectivity index (χ4v) is 2.78. The Labute approximate surface area is 167 Å². The second kappa shape index (κ2) is 11.1. The molecular formula is C23H30N2O3. The minimum Gasteiger partial charge on any atom is -0.484 e. The predicted octanol–water partition coefficient (Wildman–Crippen LogP) is 3.44. The predicted molar refractivity (Wildman–Crippen MR) is 111 cm³/mol. The Kier molecular flexibility index (Phi) is 8.53. The van der Waals surface area contributed by atoms with Crippen molar-refractivity contribution >= 4 is 11.8 Å². The first-order valence-electron chi connectivity index (χ1n) is 9.82. The van der Waals surface area contributed by atoms with Gasteiger partial charge in [-0.2, -0.15) is 0 Å². The Morgan fingerprint density at radius 1 is 1.00 bits per heavy atom. The maximum absolute atomic E-state index is 12.9. The van der Waals surface area contributed by atoms with E-state index in [2.05, 4.69) is 5.32 Å². The van der Waals surface area contributed by atoms with Crippen molar-refractivity contribution in [2.45, 2.75) is 45.7 Å². The number of hydrogen-bond donors (Lipinski definition) is 1. The number of ether oxygens (including phenoxy) is 1. The van der Waals surface area contributed by atoms with Gasteiger partial charge in [-0.3, -0.25) is 9.59 Å². The van der Waals surface area contributed by atoms with Crippen LogP contribution in [-0.4, -0.2) is 41.9 Å². The highest BCUT2D eigenvalue weighted by atomic mass is 16.5. The zero-order valence-corrected chi connectivity index (χ0v) is 16.9. The van der Waals surface area contributed by atoms with E-state index in [1.807, 2.05) is 62.4 Å². The summed E-state index contributed by atoms with van der Waals surface area (Å²) >= 11 is 0. The average Bonchev–Trinajstić information content (AvgIpc) is 2.73. The molecule has 0 aromatic heterocycles. The highest BCUT2D eigenvalue weighted by molar-refractivity contribution is 5.88. The molecule has 2 aromatic carbocycles. The van der Waals surface area contributed by atoms with E-state index in [0.717, 1.165) is 12.0 Å². The van der Waals surface area contributed by atoms with Crippen LogP contribution in [0.4, 0.5) is 0 Å². The van der Waals surface area contributed by atoms with Crippen LogP contribution >= 0.6 is 0 Å². The summed E-state index contributed by atoms with van der Waals surface area (Å²) in [5, 5.41) is 2.96. The Hall–Kier alpha value is -2.82. The van der Waals surface area contributed by atoms with Gasteiger partial charge in [-0.25, -0.2) is 0 Å². The minimum atomic E-state index is -0.565. The molecule has 5 nitrogen and oxygen atoms in total. The van der Waals surface area contributed by atoms with E-state index < -0.39 is 6.04 Å². The molecule has 150 valence electrons. The summed E-state index contributed by atoms with van der Waals surface area (Å²) in [6.07, 6.45) is 1.52.